The van der Waals surface area contributed by atoms with Gasteiger partial charge in [-0.25, -0.2) is 0 Å². The summed E-state index contributed by atoms with van der Waals surface area (Å²) in [5.41, 5.74) is 0.0652. The van der Waals surface area contributed by atoms with Crippen LogP contribution in [0.3, 0.4) is 0 Å². The van der Waals surface area contributed by atoms with Crippen LogP contribution in [-0.4, -0.2) is 14.9 Å². The van der Waals surface area contributed by atoms with Crippen molar-refractivity contribution < 1.29 is 5.11 Å². The van der Waals surface area contributed by atoms with Gasteiger partial charge in [-0.15, -0.1) is 0 Å². The maximum absolute atomic E-state index is 10.6. The normalized spacial score (nSPS) is 28.5. The fourth-order valence-corrected chi connectivity index (χ4v) is 3.00. The van der Waals surface area contributed by atoms with Crippen molar-refractivity contribution in [3.05, 3.63) is 16.9 Å². The molecule has 1 aromatic heterocycles. The van der Waals surface area contributed by atoms with E-state index in [9.17, 15) is 5.11 Å². The standard InChI is InChI=1S/C13H21ClN2O/c1-4-5-16-12(11(14)8-15-16)13(17)6-10(7-13)9(2)3/h8-10,17H,4-7H2,1-3H3. The van der Waals surface area contributed by atoms with Gasteiger partial charge < -0.3 is 5.11 Å². The van der Waals surface area contributed by atoms with Crippen molar-refractivity contribution in [3.8, 4) is 0 Å². The van der Waals surface area contributed by atoms with Gasteiger partial charge in [0.25, 0.3) is 0 Å². The molecule has 3 nitrogen and oxygen atoms in total. The number of nitrogens with zero attached hydrogens (tertiary/aromatic N) is 2. The minimum Gasteiger partial charge on any atom is -0.383 e. The Hall–Kier alpha value is -0.540. The molecule has 0 unspecified atom stereocenters. The summed E-state index contributed by atoms with van der Waals surface area (Å²) >= 11 is 6.16. The Morgan fingerprint density at radius 3 is 2.76 bits per heavy atom. The fraction of sp³-hybridized carbons (Fsp3) is 0.769. The highest BCUT2D eigenvalue weighted by Gasteiger charge is 2.48. The highest BCUT2D eigenvalue weighted by Crippen LogP contribution is 2.50. The van der Waals surface area contributed by atoms with Crippen molar-refractivity contribution in [2.75, 3.05) is 0 Å². The molecule has 1 heterocycles. The second-order valence-electron chi connectivity index (χ2n) is 5.51. The molecule has 1 fully saturated rings. The summed E-state index contributed by atoms with van der Waals surface area (Å²) in [7, 11) is 0. The molecule has 0 atom stereocenters. The van der Waals surface area contributed by atoms with E-state index in [-0.39, 0.29) is 0 Å². The van der Waals surface area contributed by atoms with Gasteiger partial charge >= 0.3 is 0 Å². The predicted octanol–water partition coefficient (Wildman–Crippen LogP) is 3.20. The van der Waals surface area contributed by atoms with E-state index in [1.807, 2.05) is 4.68 Å². The van der Waals surface area contributed by atoms with E-state index in [1.165, 1.54) is 0 Å². The lowest BCUT2D eigenvalue weighted by Gasteiger charge is -2.46. The van der Waals surface area contributed by atoms with Gasteiger partial charge in [-0.2, -0.15) is 5.10 Å². The SMILES string of the molecule is CCCn1ncc(Cl)c1C1(O)CC(C(C)C)C1. The molecule has 96 valence electrons. The quantitative estimate of drug-likeness (QED) is 0.898. The molecule has 2 rings (SSSR count). The molecule has 1 aliphatic rings. The van der Waals surface area contributed by atoms with Crippen molar-refractivity contribution in [3.63, 3.8) is 0 Å². The van der Waals surface area contributed by atoms with Crippen LogP contribution >= 0.6 is 11.6 Å². The highest BCUT2D eigenvalue weighted by molar-refractivity contribution is 6.31. The molecule has 0 amide bonds. The van der Waals surface area contributed by atoms with Crippen LogP contribution in [0.4, 0.5) is 0 Å². The molecule has 1 saturated carbocycles. The van der Waals surface area contributed by atoms with E-state index in [1.54, 1.807) is 6.20 Å². The number of rotatable bonds is 4. The molecule has 17 heavy (non-hydrogen) atoms. The second kappa shape index (κ2) is 4.62. The third kappa shape index (κ3) is 2.23. The largest absolute Gasteiger partial charge is 0.383 e. The molecule has 1 N–H and O–H groups in total. The van der Waals surface area contributed by atoms with Gasteiger partial charge in [0, 0.05) is 6.54 Å². The first-order valence-electron chi connectivity index (χ1n) is 6.42. The van der Waals surface area contributed by atoms with E-state index >= 15 is 0 Å². The van der Waals surface area contributed by atoms with Gasteiger partial charge in [0.1, 0.15) is 5.60 Å². The molecule has 0 aromatic carbocycles. The zero-order valence-electron chi connectivity index (χ0n) is 10.8. The highest BCUT2D eigenvalue weighted by atomic mass is 35.5. The fourth-order valence-electron chi connectivity index (χ4n) is 2.68. The van der Waals surface area contributed by atoms with Crippen molar-refractivity contribution in [2.45, 2.75) is 52.2 Å². The first-order valence-corrected chi connectivity index (χ1v) is 6.80. The Morgan fingerprint density at radius 2 is 2.24 bits per heavy atom. The zero-order valence-corrected chi connectivity index (χ0v) is 11.5. The lowest BCUT2D eigenvalue weighted by atomic mass is 9.65. The van der Waals surface area contributed by atoms with Crippen LogP contribution < -0.4 is 0 Å². The minimum atomic E-state index is -0.752. The monoisotopic (exact) mass is 256 g/mol. The number of hydrogen-bond acceptors (Lipinski definition) is 2. The van der Waals surface area contributed by atoms with Crippen LogP contribution in [0, 0.1) is 11.8 Å². The van der Waals surface area contributed by atoms with E-state index in [2.05, 4.69) is 25.9 Å². The third-order valence-electron chi connectivity index (χ3n) is 3.81. The van der Waals surface area contributed by atoms with Crippen LogP contribution in [-0.2, 0) is 12.1 Å². The molecule has 1 aromatic rings. The second-order valence-corrected chi connectivity index (χ2v) is 5.92. The Bertz CT molecular complexity index is 394. The molecule has 0 radical (unpaired) electrons. The molecule has 1 aliphatic carbocycles. The zero-order chi connectivity index (χ0) is 12.6. The average molecular weight is 257 g/mol. The number of aromatic nitrogens is 2. The average Bonchev–Trinajstić information content (AvgIpc) is 2.56. The molecular weight excluding hydrogens is 236 g/mol. The van der Waals surface area contributed by atoms with Crippen LogP contribution in [0.2, 0.25) is 5.02 Å². The van der Waals surface area contributed by atoms with Gasteiger partial charge in [-0.3, -0.25) is 4.68 Å². The lowest BCUT2D eigenvalue weighted by molar-refractivity contribution is -0.0993. The van der Waals surface area contributed by atoms with E-state index in [4.69, 9.17) is 11.6 Å². The first kappa shape index (κ1) is 12.9. The van der Waals surface area contributed by atoms with Gasteiger partial charge in [-0.05, 0) is 31.1 Å². The Morgan fingerprint density at radius 1 is 1.59 bits per heavy atom. The Kier molecular flexibility index (Phi) is 3.50. The van der Waals surface area contributed by atoms with Crippen LogP contribution in [0.5, 0.6) is 0 Å². The van der Waals surface area contributed by atoms with Gasteiger partial charge in [0.05, 0.1) is 16.9 Å². The molecule has 0 spiro atoms. The molecule has 0 saturated heterocycles. The summed E-state index contributed by atoms with van der Waals surface area (Å²) < 4.78 is 1.86. The lowest BCUT2D eigenvalue weighted by Crippen LogP contribution is -2.44. The van der Waals surface area contributed by atoms with Gasteiger partial charge in [0.15, 0.2) is 0 Å². The topological polar surface area (TPSA) is 38.0 Å². The van der Waals surface area contributed by atoms with Gasteiger partial charge in [-0.1, -0.05) is 32.4 Å². The summed E-state index contributed by atoms with van der Waals surface area (Å²) in [4.78, 5) is 0. The van der Waals surface area contributed by atoms with Crippen molar-refractivity contribution >= 4 is 11.6 Å². The van der Waals surface area contributed by atoms with Crippen molar-refractivity contribution in [1.29, 1.82) is 0 Å². The maximum Gasteiger partial charge on any atom is 0.108 e. The van der Waals surface area contributed by atoms with Crippen LogP contribution in [0.15, 0.2) is 6.20 Å². The maximum atomic E-state index is 10.6. The Labute approximate surface area is 108 Å². The van der Waals surface area contributed by atoms with Gasteiger partial charge in [0.2, 0.25) is 0 Å². The van der Waals surface area contributed by atoms with Crippen LogP contribution in [0.25, 0.3) is 0 Å². The summed E-state index contributed by atoms with van der Waals surface area (Å²) in [6, 6.07) is 0. The Balaban J connectivity index is 2.20. The van der Waals surface area contributed by atoms with E-state index in [0.717, 1.165) is 31.5 Å². The summed E-state index contributed by atoms with van der Waals surface area (Å²) in [6.07, 6.45) is 4.25. The number of aliphatic hydroxyl groups is 1. The van der Waals surface area contributed by atoms with Crippen molar-refractivity contribution in [1.82, 2.24) is 9.78 Å². The number of hydrogen-bond donors (Lipinski definition) is 1. The van der Waals surface area contributed by atoms with E-state index in [0.29, 0.717) is 16.9 Å². The first-order chi connectivity index (χ1) is 7.98. The molecule has 4 heteroatoms. The molecule has 0 bridgehead atoms. The predicted molar refractivity (Wildman–Crippen MR) is 69.0 cm³/mol. The smallest absolute Gasteiger partial charge is 0.108 e. The minimum absolute atomic E-state index is 0.598. The molecule has 0 aliphatic heterocycles. The van der Waals surface area contributed by atoms with Crippen LogP contribution in [0.1, 0.15) is 45.7 Å². The molecular formula is C13H21ClN2O. The third-order valence-corrected chi connectivity index (χ3v) is 4.09. The summed E-state index contributed by atoms with van der Waals surface area (Å²) in [6.45, 7) is 7.32. The van der Waals surface area contributed by atoms with E-state index < -0.39 is 5.60 Å². The van der Waals surface area contributed by atoms with Crippen molar-refractivity contribution in [2.24, 2.45) is 11.8 Å². The summed E-state index contributed by atoms with van der Waals surface area (Å²) in [5.74, 6) is 1.22. The summed E-state index contributed by atoms with van der Waals surface area (Å²) in [5, 5.41) is 15.5. The number of halogens is 1. The number of aryl methyl sites for hydroxylation is 1.